The lowest BCUT2D eigenvalue weighted by Gasteiger charge is -2.26. The summed E-state index contributed by atoms with van der Waals surface area (Å²) >= 11 is 0. The van der Waals surface area contributed by atoms with Gasteiger partial charge in [0.05, 0.1) is 5.60 Å². The molecular weight excluding hydrogens is 176 g/mol. The summed E-state index contributed by atoms with van der Waals surface area (Å²) in [6.45, 7) is 1.43. The zero-order chi connectivity index (χ0) is 9.86. The molecule has 14 heavy (non-hydrogen) atoms. The minimum Gasteiger partial charge on any atom is -0.385 e. The Morgan fingerprint density at radius 2 is 1.86 bits per heavy atom. The topological polar surface area (TPSA) is 29.5 Å². The fourth-order valence-corrected chi connectivity index (χ4v) is 1.97. The Bertz CT molecular complexity index is 274. The minimum absolute atomic E-state index is 0.658. The molecule has 1 aromatic carbocycles. The van der Waals surface area contributed by atoms with E-state index in [1.165, 1.54) is 0 Å². The second-order valence-corrected chi connectivity index (χ2v) is 3.86. The van der Waals surface area contributed by atoms with Gasteiger partial charge in [0.1, 0.15) is 0 Å². The molecule has 1 heterocycles. The minimum atomic E-state index is -0.669. The number of hydrogen-bond donors (Lipinski definition) is 1. The molecule has 1 unspecified atom stereocenters. The van der Waals surface area contributed by atoms with Gasteiger partial charge in [0.2, 0.25) is 0 Å². The van der Waals surface area contributed by atoms with Gasteiger partial charge in [-0.2, -0.15) is 0 Å². The van der Waals surface area contributed by atoms with Gasteiger partial charge in [0.25, 0.3) is 0 Å². The van der Waals surface area contributed by atoms with Crippen LogP contribution >= 0.6 is 0 Å². The molecule has 1 aliphatic rings. The van der Waals surface area contributed by atoms with E-state index in [2.05, 4.69) is 0 Å². The summed E-state index contributed by atoms with van der Waals surface area (Å²) in [5, 5.41) is 10.4. The van der Waals surface area contributed by atoms with Crippen LogP contribution in [0.5, 0.6) is 0 Å². The Hall–Kier alpha value is -0.860. The van der Waals surface area contributed by atoms with Gasteiger partial charge < -0.3 is 9.84 Å². The van der Waals surface area contributed by atoms with Crippen LogP contribution in [0.4, 0.5) is 0 Å². The fraction of sp³-hybridized carbons (Fsp3) is 0.500. The lowest BCUT2D eigenvalue weighted by Crippen LogP contribution is -2.25. The van der Waals surface area contributed by atoms with Gasteiger partial charge in [0, 0.05) is 19.6 Å². The first-order valence-electron chi connectivity index (χ1n) is 5.17. The van der Waals surface area contributed by atoms with Crippen LogP contribution in [0, 0.1) is 0 Å². The zero-order valence-electron chi connectivity index (χ0n) is 8.28. The summed E-state index contributed by atoms with van der Waals surface area (Å²) in [4.78, 5) is 0. The molecule has 0 bridgehead atoms. The van der Waals surface area contributed by atoms with Gasteiger partial charge in [0.15, 0.2) is 0 Å². The zero-order valence-corrected chi connectivity index (χ0v) is 8.28. The summed E-state index contributed by atoms with van der Waals surface area (Å²) < 4.78 is 5.35. The summed E-state index contributed by atoms with van der Waals surface area (Å²) in [7, 11) is 0. The normalized spacial score (nSPS) is 28.4. The molecule has 76 valence electrons. The van der Waals surface area contributed by atoms with Crippen LogP contribution < -0.4 is 0 Å². The first-order valence-corrected chi connectivity index (χ1v) is 5.17. The summed E-state index contributed by atoms with van der Waals surface area (Å²) in [5.41, 5.74) is 0.350. The first kappa shape index (κ1) is 9.69. The van der Waals surface area contributed by atoms with E-state index in [9.17, 15) is 5.11 Å². The lowest BCUT2D eigenvalue weighted by atomic mass is 9.87. The van der Waals surface area contributed by atoms with E-state index < -0.39 is 5.60 Å². The predicted octanol–water partition coefficient (Wildman–Crippen LogP) is 2.07. The van der Waals surface area contributed by atoms with E-state index in [1.807, 2.05) is 30.3 Å². The van der Waals surface area contributed by atoms with E-state index in [0.29, 0.717) is 13.0 Å². The molecule has 1 atom stereocenters. The van der Waals surface area contributed by atoms with Crippen molar-refractivity contribution in [3.63, 3.8) is 0 Å². The third-order valence-electron chi connectivity index (χ3n) is 2.85. The Kier molecular flexibility index (Phi) is 2.85. The average Bonchev–Trinajstić information content (AvgIpc) is 2.46. The molecule has 0 aliphatic carbocycles. The number of aliphatic hydroxyl groups is 1. The van der Waals surface area contributed by atoms with Crippen molar-refractivity contribution in [1.29, 1.82) is 0 Å². The molecule has 0 amide bonds. The molecule has 0 spiro atoms. The second kappa shape index (κ2) is 4.11. The summed E-state index contributed by atoms with van der Waals surface area (Å²) in [6.07, 6.45) is 2.44. The van der Waals surface area contributed by atoms with Crippen LogP contribution in [0.25, 0.3) is 0 Å². The van der Waals surface area contributed by atoms with Crippen molar-refractivity contribution in [2.24, 2.45) is 0 Å². The Morgan fingerprint density at radius 1 is 1.07 bits per heavy atom. The fourth-order valence-electron chi connectivity index (χ4n) is 1.97. The van der Waals surface area contributed by atoms with Gasteiger partial charge in [-0.1, -0.05) is 30.3 Å². The maximum absolute atomic E-state index is 10.4. The highest BCUT2D eigenvalue weighted by Gasteiger charge is 2.29. The van der Waals surface area contributed by atoms with Crippen molar-refractivity contribution >= 4 is 0 Å². The number of ether oxygens (including phenoxy) is 1. The monoisotopic (exact) mass is 192 g/mol. The maximum atomic E-state index is 10.4. The second-order valence-electron chi connectivity index (χ2n) is 3.86. The average molecular weight is 192 g/mol. The SMILES string of the molecule is OC1(c2ccccc2)CCCOCC1. The van der Waals surface area contributed by atoms with E-state index in [4.69, 9.17) is 4.74 Å². The molecule has 1 fully saturated rings. The lowest BCUT2D eigenvalue weighted by molar-refractivity contribution is 0.0144. The Balaban J connectivity index is 2.21. The molecule has 0 radical (unpaired) electrons. The highest BCUT2D eigenvalue weighted by atomic mass is 16.5. The van der Waals surface area contributed by atoms with Crippen molar-refractivity contribution < 1.29 is 9.84 Å². The Morgan fingerprint density at radius 3 is 2.64 bits per heavy atom. The largest absolute Gasteiger partial charge is 0.385 e. The summed E-state index contributed by atoms with van der Waals surface area (Å²) in [6, 6.07) is 9.90. The number of benzene rings is 1. The van der Waals surface area contributed by atoms with Gasteiger partial charge in [-0.05, 0) is 18.4 Å². The molecule has 1 aromatic rings. The Labute approximate surface area is 84.5 Å². The molecule has 0 saturated carbocycles. The van der Waals surface area contributed by atoms with E-state index in [-0.39, 0.29) is 0 Å². The summed E-state index contributed by atoms with van der Waals surface area (Å²) in [5.74, 6) is 0. The molecule has 1 aliphatic heterocycles. The van der Waals surface area contributed by atoms with E-state index >= 15 is 0 Å². The van der Waals surface area contributed by atoms with Gasteiger partial charge in [-0.3, -0.25) is 0 Å². The van der Waals surface area contributed by atoms with Crippen molar-refractivity contribution in [3.05, 3.63) is 35.9 Å². The third-order valence-corrected chi connectivity index (χ3v) is 2.85. The predicted molar refractivity (Wildman–Crippen MR) is 55.0 cm³/mol. The molecule has 1 N–H and O–H groups in total. The van der Waals surface area contributed by atoms with Gasteiger partial charge >= 0.3 is 0 Å². The van der Waals surface area contributed by atoms with Crippen LogP contribution in [0.2, 0.25) is 0 Å². The molecule has 0 aromatic heterocycles. The van der Waals surface area contributed by atoms with Crippen LogP contribution in [0.15, 0.2) is 30.3 Å². The van der Waals surface area contributed by atoms with Crippen LogP contribution in [0.3, 0.4) is 0 Å². The standard InChI is InChI=1S/C12H16O2/c13-12(7-4-9-14-10-8-12)11-5-2-1-3-6-11/h1-3,5-6,13H,4,7-10H2. The highest BCUT2D eigenvalue weighted by molar-refractivity contribution is 5.22. The van der Waals surface area contributed by atoms with E-state index in [0.717, 1.165) is 25.0 Å². The quantitative estimate of drug-likeness (QED) is 0.738. The number of rotatable bonds is 1. The van der Waals surface area contributed by atoms with Crippen molar-refractivity contribution in [2.45, 2.75) is 24.9 Å². The maximum Gasteiger partial charge on any atom is 0.0919 e. The third kappa shape index (κ3) is 1.97. The molecule has 2 heteroatoms. The highest BCUT2D eigenvalue weighted by Crippen LogP contribution is 2.31. The molecular formula is C12H16O2. The molecule has 1 saturated heterocycles. The van der Waals surface area contributed by atoms with Crippen LogP contribution in [0.1, 0.15) is 24.8 Å². The van der Waals surface area contributed by atoms with Crippen LogP contribution in [-0.4, -0.2) is 18.3 Å². The van der Waals surface area contributed by atoms with E-state index in [1.54, 1.807) is 0 Å². The molecule has 2 nitrogen and oxygen atoms in total. The van der Waals surface area contributed by atoms with Gasteiger partial charge in [-0.15, -0.1) is 0 Å². The number of hydrogen-bond acceptors (Lipinski definition) is 2. The first-order chi connectivity index (χ1) is 6.81. The molecule has 2 rings (SSSR count). The van der Waals surface area contributed by atoms with Crippen molar-refractivity contribution in [2.75, 3.05) is 13.2 Å². The van der Waals surface area contributed by atoms with Crippen molar-refractivity contribution in [1.82, 2.24) is 0 Å². The van der Waals surface area contributed by atoms with Crippen molar-refractivity contribution in [3.8, 4) is 0 Å². The smallest absolute Gasteiger partial charge is 0.0919 e. The van der Waals surface area contributed by atoms with Crippen LogP contribution in [-0.2, 0) is 10.3 Å². The van der Waals surface area contributed by atoms with Gasteiger partial charge in [-0.25, -0.2) is 0 Å².